The number of hydrogen-bond donors (Lipinski definition) is 2. The van der Waals surface area contributed by atoms with Crippen LogP contribution in [-0.4, -0.2) is 32.7 Å². The molecular weight excluding hydrogens is 216 g/mol. The summed E-state index contributed by atoms with van der Waals surface area (Å²) in [5.74, 6) is 0.198. The summed E-state index contributed by atoms with van der Waals surface area (Å²) in [4.78, 5) is 11.2. The van der Waals surface area contributed by atoms with Gasteiger partial charge in [-0.1, -0.05) is 0 Å². The summed E-state index contributed by atoms with van der Waals surface area (Å²) < 4.78 is 24.6. The number of carbonyl (C=O) groups excluding carboxylic acids is 1. The van der Waals surface area contributed by atoms with Crippen LogP contribution in [0.3, 0.4) is 0 Å². The maximum atomic E-state index is 11.3. The van der Waals surface area contributed by atoms with E-state index in [4.69, 9.17) is 0 Å². The summed E-state index contributed by atoms with van der Waals surface area (Å²) in [5, 5.41) is 2.35. The Morgan fingerprint density at radius 2 is 2.00 bits per heavy atom. The van der Waals surface area contributed by atoms with Crippen LogP contribution in [-0.2, 0) is 14.8 Å². The molecule has 0 unspecified atom stereocenters. The summed E-state index contributed by atoms with van der Waals surface area (Å²) >= 11 is 0. The molecule has 6 heteroatoms. The standard InChI is InChI=1S/C9H18N2O3S/c1-7(2)15(13,14)11-9(12)6-10-5-8-3-4-8/h7-8,10H,3-6H2,1-2H3,(H,11,12). The molecule has 1 saturated carbocycles. The van der Waals surface area contributed by atoms with E-state index >= 15 is 0 Å². The molecule has 0 aliphatic heterocycles. The third-order valence-electron chi connectivity index (χ3n) is 2.29. The van der Waals surface area contributed by atoms with Gasteiger partial charge < -0.3 is 5.32 Å². The van der Waals surface area contributed by atoms with Crippen molar-refractivity contribution < 1.29 is 13.2 Å². The fraction of sp³-hybridized carbons (Fsp3) is 0.889. The largest absolute Gasteiger partial charge is 0.308 e. The molecule has 1 amide bonds. The third kappa shape index (κ3) is 4.61. The van der Waals surface area contributed by atoms with Crippen LogP contribution in [0.1, 0.15) is 26.7 Å². The van der Waals surface area contributed by atoms with Crippen molar-refractivity contribution in [1.82, 2.24) is 10.0 Å². The van der Waals surface area contributed by atoms with Crippen molar-refractivity contribution in [3.63, 3.8) is 0 Å². The average molecular weight is 234 g/mol. The van der Waals surface area contributed by atoms with Gasteiger partial charge in [-0.05, 0) is 39.2 Å². The Morgan fingerprint density at radius 3 is 2.47 bits per heavy atom. The van der Waals surface area contributed by atoms with Gasteiger partial charge in [0.05, 0.1) is 11.8 Å². The molecule has 1 aliphatic carbocycles. The smallest absolute Gasteiger partial charge is 0.247 e. The normalized spacial score (nSPS) is 16.7. The van der Waals surface area contributed by atoms with Crippen LogP contribution in [0, 0.1) is 5.92 Å². The molecule has 88 valence electrons. The molecule has 0 bridgehead atoms. The number of nitrogens with one attached hydrogen (secondary N) is 2. The molecule has 5 nitrogen and oxygen atoms in total. The highest BCUT2D eigenvalue weighted by Crippen LogP contribution is 2.27. The van der Waals surface area contributed by atoms with E-state index in [1.165, 1.54) is 26.7 Å². The van der Waals surface area contributed by atoms with Crippen molar-refractivity contribution in [3.05, 3.63) is 0 Å². The van der Waals surface area contributed by atoms with Crippen molar-refractivity contribution in [1.29, 1.82) is 0 Å². The summed E-state index contributed by atoms with van der Waals surface area (Å²) in [6.07, 6.45) is 2.41. The van der Waals surface area contributed by atoms with Gasteiger partial charge in [0.1, 0.15) is 0 Å². The van der Waals surface area contributed by atoms with E-state index in [0.29, 0.717) is 5.92 Å². The second-order valence-corrected chi connectivity index (χ2v) is 6.43. The maximum Gasteiger partial charge on any atom is 0.247 e. The lowest BCUT2D eigenvalue weighted by atomic mass is 10.4. The molecule has 0 aromatic carbocycles. The molecular formula is C9H18N2O3S. The first-order valence-corrected chi connectivity index (χ1v) is 6.71. The topological polar surface area (TPSA) is 75.3 Å². The van der Waals surface area contributed by atoms with Gasteiger partial charge >= 0.3 is 0 Å². The van der Waals surface area contributed by atoms with Crippen LogP contribution in [0.4, 0.5) is 0 Å². The Hall–Kier alpha value is -0.620. The fourth-order valence-electron chi connectivity index (χ4n) is 1.02. The molecule has 0 atom stereocenters. The first-order valence-electron chi connectivity index (χ1n) is 5.17. The van der Waals surface area contributed by atoms with E-state index < -0.39 is 21.2 Å². The lowest BCUT2D eigenvalue weighted by Gasteiger charge is -2.09. The fourth-order valence-corrected chi connectivity index (χ4v) is 1.65. The average Bonchev–Trinajstić information content (AvgIpc) is 2.86. The van der Waals surface area contributed by atoms with Gasteiger partial charge in [-0.3, -0.25) is 9.52 Å². The molecule has 2 N–H and O–H groups in total. The lowest BCUT2D eigenvalue weighted by Crippen LogP contribution is -2.41. The zero-order valence-electron chi connectivity index (χ0n) is 9.12. The minimum atomic E-state index is -3.47. The van der Waals surface area contributed by atoms with E-state index in [1.54, 1.807) is 0 Å². The van der Waals surface area contributed by atoms with E-state index in [0.717, 1.165) is 6.54 Å². The van der Waals surface area contributed by atoms with Crippen molar-refractivity contribution in [2.75, 3.05) is 13.1 Å². The van der Waals surface area contributed by atoms with E-state index in [1.807, 2.05) is 4.72 Å². The third-order valence-corrected chi connectivity index (χ3v) is 4.05. The van der Waals surface area contributed by atoms with Gasteiger partial charge in [0.2, 0.25) is 15.9 Å². The van der Waals surface area contributed by atoms with Gasteiger partial charge in [0.25, 0.3) is 0 Å². The molecule has 0 radical (unpaired) electrons. The Bertz CT molecular complexity index is 320. The Kier molecular flexibility index (Phi) is 4.10. The zero-order chi connectivity index (χ0) is 11.5. The Balaban J connectivity index is 2.22. The molecule has 15 heavy (non-hydrogen) atoms. The summed E-state index contributed by atoms with van der Waals surface area (Å²) in [7, 11) is -3.47. The summed E-state index contributed by atoms with van der Waals surface area (Å²) in [6, 6.07) is 0. The molecule has 0 aromatic heterocycles. The van der Waals surface area contributed by atoms with Crippen LogP contribution in [0.2, 0.25) is 0 Å². The van der Waals surface area contributed by atoms with Gasteiger partial charge in [-0.2, -0.15) is 0 Å². The van der Waals surface area contributed by atoms with Crippen molar-refractivity contribution >= 4 is 15.9 Å². The van der Waals surface area contributed by atoms with E-state index in [2.05, 4.69) is 5.32 Å². The molecule has 1 aliphatic rings. The lowest BCUT2D eigenvalue weighted by molar-refractivity contribution is -0.118. The summed E-state index contributed by atoms with van der Waals surface area (Å²) in [5.41, 5.74) is 0. The number of amides is 1. The van der Waals surface area contributed by atoms with Crippen molar-refractivity contribution in [2.24, 2.45) is 5.92 Å². The first-order chi connectivity index (χ1) is 6.92. The van der Waals surface area contributed by atoms with Crippen LogP contribution in [0.5, 0.6) is 0 Å². The van der Waals surface area contributed by atoms with Crippen LogP contribution >= 0.6 is 0 Å². The number of rotatable bonds is 6. The second kappa shape index (κ2) is 4.94. The quantitative estimate of drug-likeness (QED) is 0.669. The van der Waals surface area contributed by atoms with Crippen LogP contribution in [0.25, 0.3) is 0 Å². The maximum absolute atomic E-state index is 11.3. The minimum Gasteiger partial charge on any atom is -0.308 e. The van der Waals surface area contributed by atoms with Gasteiger partial charge in [-0.25, -0.2) is 8.42 Å². The van der Waals surface area contributed by atoms with Gasteiger partial charge in [-0.15, -0.1) is 0 Å². The predicted octanol–water partition coefficient (Wildman–Crippen LogP) is -0.160. The highest BCUT2D eigenvalue weighted by atomic mass is 32.2. The zero-order valence-corrected chi connectivity index (χ0v) is 9.93. The highest BCUT2D eigenvalue weighted by molar-refractivity contribution is 7.90. The SMILES string of the molecule is CC(C)S(=O)(=O)NC(=O)CNCC1CC1. The molecule has 0 saturated heterocycles. The predicted molar refractivity (Wildman–Crippen MR) is 57.8 cm³/mol. The number of sulfonamides is 1. The Labute approximate surface area is 90.7 Å². The first kappa shape index (κ1) is 12.4. The Morgan fingerprint density at radius 1 is 1.40 bits per heavy atom. The number of hydrogen-bond acceptors (Lipinski definition) is 4. The highest BCUT2D eigenvalue weighted by Gasteiger charge is 2.22. The molecule has 0 aromatic rings. The molecule has 1 rings (SSSR count). The second-order valence-electron chi connectivity index (χ2n) is 4.19. The number of carbonyl (C=O) groups is 1. The van der Waals surface area contributed by atoms with E-state index in [9.17, 15) is 13.2 Å². The van der Waals surface area contributed by atoms with E-state index in [-0.39, 0.29) is 6.54 Å². The molecule has 1 fully saturated rings. The van der Waals surface area contributed by atoms with Crippen LogP contribution < -0.4 is 10.0 Å². The van der Waals surface area contributed by atoms with Gasteiger partial charge in [0, 0.05) is 0 Å². The molecule has 0 spiro atoms. The van der Waals surface area contributed by atoms with Crippen molar-refractivity contribution in [3.8, 4) is 0 Å². The minimum absolute atomic E-state index is 0.0719. The van der Waals surface area contributed by atoms with Crippen molar-refractivity contribution in [2.45, 2.75) is 31.9 Å². The monoisotopic (exact) mass is 234 g/mol. The summed E-state index contributed by atoms with van der Waals surface area (Å²) in [6.45, 7) is 3.94. The van der Waals surface area contributed by atoms with Gasteiger partial charge in [0.15, 0.2) is 0 Å². The molecule has 0 heterocycles. The van der Waals surface area contributed by atoms with Crippen LogP contribution in [0.15, 0.2) is 0 Å².